The Kier molecular flexibility index (Phi) is 5.22. The third kappa shape index (κ3) is 3.76. The summed E-state index contributed by atoms with van der Waals surface area (Å²) in [4.78, 5) is 15.4. The lowest BCUT2D eigenvalue weighted by Crippen LogP contribution is -2.44. The summed E-state index contributed by atoms with van der Waals surface area (Å²) in [5.41, 5.74) is 0. The van der Waals surface area contributed by atoms with Crippen LogP contribution in [0.3, 0.4) is 0 Å². The lowest BCUT2D eigenvalue weighted by Gasteiger charge is -2.34. The van der Waals surface area contributed by atoms with Crippen molar-refractivity contribution in [2.75, 3.05) is 33.7 Å². The van der Waals surface area contributed by atoms with Gasteiger partial charge in [-0.15, -0.1) is 0 Å². The SMILES string of the molecule is CCC(C(=O)O)N(C)CC1CCCN(C)C1. The molecule has 2 unspecified atom stereocenters. The van der Waals surface area contributed by atoms with E-state index in [0.717, 1.165) is 13.1 Å². The molecule has 4 nitrogen and oxygen atoms in total. The van der Waals surface area contributed by atoms with Crippen molar-refractivity contribution in [1.29, 1.82) is 0 Å². The summed E-state index contributed by atoms with van der Waals surface area (Å²) in [6, 6.07) is -0.327. The van der Waals surface area contributed by atoms with Crippen LogP contribution in [0.25, 0.3) is 0 Å². The molecule has 0 radical (unpaired) electrons. The van der Waals surface area contributed by atoms with Crippen LogP contribution in [-0.4, -0.2) is 60.6 Å². The molecular formula is C12H24N2O2. The van der Waals surface area contributed by atoms with Crippen molar-refractivity contribution >= 4 is 5.97 Å². The Hall–Kier alpha value is -0.610. The maximum absolute atomic E-state index is 11.0. The molecule has 4 heteroatoms. The molecule has 16 heavy (non-hydrogen) atoms. The predicted octanol–water partition coefficient (Wildman–Crippen LogP) is 1.12. The molecule has 0 aromatic heterocycles. The first-order valence-corrected chi connectivity index (χ1v) is 6.16. The quantitative estimate of drug-likeness (QED) is 0.766. The third-order valence-corrected chi connectivity index (χ3v) is 3.47. The predicted molar refractivity (Wildman–Crippen MR) is 64.6 cm³/mol. The molecule has 94 valence electrons. The molecule has 1 N–H and O–H groups in total. The zero-order valence-corrected chi connectivity index (χ0v) is 10.6. The highest BCUT2D eigenvalue weighted by Crippen LogP contribution is 2.17. The highest BCUT2D eigenvalue weighted by Gasteiger charge is 2.25. The number of piperidine rings is 1. The first-order valence-electron chi connectivity index (χ1n) is 6.16. The average molecular weight is 228 g/mol. The van der Waals surface area contributed by atoms with Crippen molar-refractivity contribution < 1.29 is 9.90 Å². The fourth-order valence-electron chi connectivity index (χ4n) is 2.63. The molecule has 0 spiro atoms. The van der Waals surface area contributed by atoms with Crippen LogP contribution in [0.1, 0.15) is 26.2 Å². The third-order valence-electron chi connectivity index (χ3n) is 3.47. The van der Waals surface area contributed by atoms with Gasteiger partial charge in [0.2, 0.25) is 0 Å². The normalized spacial score (nSPS) is 24.6. The van der Waals surface area contributed by atoms with Gasteiger partial charge in [0, 0.05) is 13.1 Å². The zero-order chi connectivity index (χ0) is 12.1. The van der Waals surface area contributed by atoms with Crippen LogP contribution in [0, 0.1) is 5.92 Å². The molecule has 0 saturated carbocycles. The zero-order valence-electron chi connectivity index (χ0n) is 10.6. The Morgan fingerprint density at radius 1 is 1.62 bits per heavy atom. The van der Waals surface area contributed by atoms with Crippen LogP contribution in [-0.2, 0) is 4.79 Å². The number of carboxylic acid groups (broad SMARTS) is 1. The second kappa shape index (κ2) is 6.21. The molecular weight excluding hydrogens is 204 g/mol. The molecule has 1 aliphatic heterocycles. The fraction of sp³-hybridized carbons (Fsp3) is 0.917. The number of hydrogen-bond donors (Lipinski definition) is 1. The standard InChI is InChI=1S/C12H24N2O2/c1-4-11(12(15)16)14(3)9-10-6-5-7-13(2)8-10/h10-11H,4-9H2,1-3H3,(H,15,16). The van der Waals surface area contributed by atoms with E-state index in [0.29, 0.717) is 12.3 Å². The van der Waals surface area contributed by atoms with Crippen molar-refractivity contribution in [2.24, 2.45) is 5.92 Å². The van der Waals surface area contributed by atoms with Crippen LogP contribution in [0.4, 0.5) is 0 Å². The lowest BCUT2D eigenvalue weighted by molar-refractivity contribution is -0.143. The van der Waals surface area contributed by atoms with Crippen LogP contribution < -0.4 is 0 Å². The second-order valence-corrected chi connectivity index (χ2v) is 4.97. The van der Waals surface area contributed by atoms with Gasteiger partial charge in [0.15, 0.2) is 0 Å². The van der Waals surface area contributed by atoms with E-state index < -0.39 is 5.97 Å². The number of rotatable bonds is 5. The van der Waals surface area contributed by atoms with Crippen molar-refractivity contribution in [3.8, 4) is 0 Å². The first-order chi connectivity index (χ1) is 7.54. The molecule has 1 rings (SSSR count). The van der Waals surface area contributed by atoms with Crippen LogP contribution >= 0.6 is 0 Å². The number of hydrogen-bond acceptors (Lipinski definition) is 3. The van der Waals surface area contributed by atoms with Crippen molar-refractivity contribution in [2.45, 2.75) is 32.2 Å². The van der Waals surface area contributed by atoms with Gasteiger partial charge in [0.05, 0.1) is 0 Å². The molecule has 0 bridgehead atoms. The maximum Gasteiger partial charge on any atom is 0.320 e. The average Bonchev–Trinajstić information content (AvgIpc) is 2.17. The van der Waals surface area contributed by atoms with E-state index in [1.165, 1.54) is 19.4 Å². The van der Waals surface area contributed by atoms with Gasteiger partial charge in [0.1, 0.15) is 6.04 Å². The number of likely N-dealkylation sites (N-methyl/N-ethyl adjacent to an activating group) is 1. The Morgan fingerprint density at radius 3 is 2.81 bits per heavy atom. The highest BCUT2D eigenvalue weighted by atomic mass is 16.4. The number of nitrogens with zero attached hydrogens (tertiary/aromatic N) is 2. The van der Waals surface area contributed by atoms with E-state index in [2.05, 4.69) is 11.9 Å². The van der Waals surface area contributed by atoms with Crippen LogP contribution in [0.5, 0.6) is 0 Å². The second-order valence-electron chi connectivity index (χ2n) is 4.97. The minimum Gasteiger partial charge on any atom is -0.480 e. The molecule has 2 atom stereocenters. The van der Waals surface area contributed by atoms with Crippen molar-refractivity contribution in [3.05, 3.63) is 0 Å². The molecule has 0 amide bonds. The topological polar surface area (TPSA) is 43.8 Å². The number of carboxylic acids is 1. The summed E-state index contributed by atoms with van der Waals surface area (Å²) >= 11 is 0. The number of carbonyl (C=O) groups is 1. The van der Waals surface area contributed by atoms with Gasteiger partial charge in [0.25, 0.3) is 0 Å². The van der Waals surface area contributed by atoms with Gasteiger partial charge in [-0.3, -0.25) is 9.69 Å². The molecule has 0 aromatic carbocycles. The minimum absolute atomic E-state index is 0.327. The summed E-state index contributed by atoms with van der Waals surface area (Å²) in [7, 11) is 4.07. The Morgan fingerprint density at radius 2 is 2.31 bits per heavy atom. The number of aliphatic carboxylic acids is 1. The minimum atomic E-state index is -0.700. The van der Waals surface area contributed by atoms with Crippen LogP contribution in [0.15, 0.2) is 0 Å². The van der Waals surface area contributed by atoms with E-state index in [-0.39, 0.29) is 6.04 Å². The van der Waals surface area contributed by atoms with Gasteiger partial charge in [-0.2, -0.15) is 0 Å². The van der Waals surface area contributed by atoms with Gasteiger partial charge in [-0.05, 0) is 45.8 Å². The molecule has 1 aliphatic rings. The fourth-order valence-corrected chi connectivity index (χ4v) is 2.63. The van der Waals surface area contributed by atoms with Gasteiger partial charge in [-0.1, -0.05) is 6.92 Å². The Balaban J connectivity index is 2.42. The van der Waals surface area contributed by atoms with Crippen molar-refractivity contribution in [3.63, 3.8) is 0 Å². The van der Waals surface area contributed by atoms with E-state index in [4.69, 9.17) is 5.11 Å². The van der Waals surface area contributed by atoms with Gasteiger partial charge >= 0.3 is 5.97 Å². The number of likely N-dealkylation sites (tertiary alicyclic amines) is 1. The van der Waals surface area contributed by atoms with Gasteiger partial charge < -0.3 is 10.0 Å². The van der Waals surface area contributed by atoms with E-state index in [9.17, 15) is 4.79 Å². The monoisotopic (exact) mass is 228 g/mol. The van der Waals surface area contributed by atoms with E-state index in [1.54, 1.807) is 0 Å². The summed E-state index contributed by atoms with van der Waals surface area (Å²) in [6.45, 7) is 5.11. The Labute approximate surface area is 98.2 Å². The maximum atomic E-state index is 11.0. The van der Waals surface area contributed by atoms with E-state index in [1.807, 2.05) is 18.9 Å². The Bertz CT molecular complexity index is 233. The van der Waals surface area contributed by atoms with E-state index >= 15 is 0 Å². The smallest absolute Gasteiger partial charge is 0.320 e. The summed E-state index contributed by atoms with van der Waals surface area (Å²) in [5, 5.41) is 9.07. The van der Waals surface area contributed by atoms with Crippen LogP contribution in [0.2, 0.25) is 0 Å². The lowest BCUT2D eigenvalue weighted by atomic mass is 9.97. The largest absolute Gasteiger partial charge is 0.480 e. The highest BCUT2D eigenvalue weighted by molar-refractivity contribution is 5.73. The molecule has 1 saturated heterocycles. The molecule has 1 fully saturated rings. The summed E-state index contributed by atoms with van der Waals surface area (Å²) < 4.78 is 0. The van der Waals surface area contributed by atoms with Crippen molar-refractivity contribution in [1.82, 2.24) is 9.80 Å². The molecule has 0 aliphatic carbocycles. The summed E-state index contributed by atoms with van der Waals surface area (Å²) in [5.74, 6) is -0.0775. The molecule has 1 heterocycles. The molecule has 0 aromatic rings. The van der Waals surface area contributed by atoms with Gasteiger partial charge in [-0.25, -0.2) is 0 Å². The summed E-state index contributed by atoms with van der Waals surface area (Å²) in [6.07, 6.45) is 3.14. The first kappa shape index (κ1) is 13.5.